The lowest BCUT2D eigenvalue weighted by atomic mass is 9.94. The second kappa shape index (κ2) is 7.56. The average molecular weight is 286 g/mol. The summed E-state index contributed by atoms with van der Waals surface area (Å²) in [5.41, 5.74) is 0.0276. The predicted octanol–water partition coefficient (Wildman–Crippen LogP) is 1.99. The Morgan fingerprint density at radius 1 is 1.35 bits per heavy atom. The second-order valence-electron chi connectivity index (χ2n) is 5.37. The summed E-state index contributed by atoms with van der Waals surface area (Å²) in [5.74, 6) is 0.160. The van der Waals surface area contributed by atoms with Crippen molar-refractivity contribution in [3.05, 3.63) is 0 Å². The van der Waals surface area contributed by atoms with E-state index in [-0.39, 0.29) is 16.5 Å². The highest BCUT2D eigenvalue weighted by Crippen LogP contribution is 2.18. The van der Waals surface area contributed by atoms with Crippen molar-refractivity contribution in [1.82, 2.24) is 4.72 Å². The molecule has 0 rings (SSSR count). The minimum atomic E-state index is -3.17. The van der Waals surface area contributed by atoms with Gasteiger partial charge < -0.3 is 4.74 Å². The van der Waals surface area contributed by atoms with E-state index in [9.17, 15) is 8.42 Å². The van der Waals surface area contributed by atoms with E-state index in [1.165, 1.54) is 0 Å². The lowest BCUT2D eigenvalue weighted by molar-refractivity contribution is 0.196. The zero-order chi connectivity index (χ0) is 13.5. The lowest BCUT2D eigenvalue weighted by Crippen LogP contribution is -2.30. The van der Waals surface area contributed by atoms with Crippen LogP contribution in [-0.2, 0) is 14.8 Å². The molecule has 0 saturated heterocycles. The molecule has 0 aliphatic rings. The van der Waals surface area contributed by atoms with Crippen LogP contribution in [0.25, 0.3) is 0 Å². The molecule has 1 unspecified atom stereocenters. The summed E-state index contributed by atoms with van der Waals surface area (Å²) in [7, 11) is -1.60. The quantitative estimate of drug-likeness (QED) is 0.694. The molecule has 0 bridgehead atoms. The van der Waals surface area contributed by atoms with Crippen LogP contribution in [0.1, 0.15) is 33.6 Å². The Balaban J connectivity index is 3.87. The van der Waals surface area contributed by atoms with E-state index >= 15 is 0 Å². The molecule has 0 fully saturated rings. The molecule has 1 N–H and O–H groups in total. The van der Waals surface area contributed by atoms with Gasteiger partial charge in [0.1, 0.15) is 0 Å². The van der Waals surface area contributed by atoms with Gasteiger partial charge in [-0.2, -0.15) is 0 Å². The van der Waals surface area contributed by atoms with Crippen LogP contribution in [-0.4, -0.2) is 39.8 Å². The van der Waals surface area contributed by atoms with Crippen molar-refractivity contribution in [3.8, 4) is 0 Å². The molecule has 17 heavy (non-hydrogen) atoms. The van der Waals surface area contributed by atoms with Crippen LogP contribution in [0.5, 0.6) is 0 Å². The number of ether oxygens (including phenoxy) is 1. The summed E-state index contributed by atoms with van der Waals surface area (Å²) in [6, 6.07) is 0. The zero-order valence-corrected chi connectivity index (χ0v) is 12.7. The fourth-order valence-electron chi connectivity index (χ4n) is 1.15. The smallest absolute Gasteiger partial charge is 0.211 e. The SMILES string of the molecule is COCC(Cl)CCNS(=O)(=O)CCC(C)(C)C. The van der Waals surface area contributed by atoms with Gasteiger partial charge in [0.15, 0.2) is 0 Å². The summed E-state index contributed by atoms with van der Waals surface area (Å²) >= 11 is 5.90. The highest BCUT2D eigenvalue weighted by atomic mass is 35.5. The normalized spacial score (nSPS) is 14.9. The van der Waals surface area contributed by atoms with Crippen molar-refractivity contribution in [2.75, 3.05) is 26.0 Å². The highest BCUT2D eigenvalue weighted by molar-refractivity contribution is 7.89. The van der Waals surface area contributed by atoms with Crippen molar-refractivity contribution < 1.29 is 13.2 Å². The van der Waals surface area contributed by atoms with E-state index in [1.807, 2.05) is 20.8 Å². The first-order chi connectivity index (χ1) is 7.66. The molecule has 4 nitrogen and oxygen atoms in total. The number of alkyl halides is 1. The largest absolute Gasteiger partial charge is 0.383 e. The minimum absolute atomic E-state index is 0.0276. The molecule has 0 radical (unpaired) electrons. The third-order valence-corrected chi connectivity index (χ3v) is 3.98. The molecule has 1 atom stereocenters. The first-order valence-electron chi connectivity index (χ1n) is 5.76. The van der Waals surface area contributed by atoms with E-state index < -0.39 is 10.0 Å². The molecule has 0 aliphatic heterocycles. The van der Waals surface area contributed by atoms with E-state index in [0.717, 1.165) is 0 Å². The standard InChI is InChI=1S/C11H24ClNO3S/c1-11(2,3)6-8-17(14,15)13-7-5-10(12)9-16-4/h10,13H,5-9H2,1-4H3. The van der Waals surface area contributed by atoms with Crippen LogP contribution < -0.4 is 4.72 Å². The molecule has 0 aliphatic carbocycles. The molecule has 0 aromatic carbocycles. The van der Waals surface area contributed by atoms with Crippen LogP contribution in [0.2, 0.25) is 0 Å². The lowest BCUT2D eigenvalue weighted by Gasteiger charge is -2.18. The zero-order valence-electron chi connectivity index (χ0n) is 11.1. The summed E-state index contributed by atoms with van der Waals surface area (Å²) in [5, 5.41) is -0.148. The number of nitrogens with one attached hydrogen (secondary N) is 1. The third kappa shape index (κ3) is 11.0. The van der Waals surface area contributed by atoms with Gasteiger partial charge in [0.2, 0.25) is 10.0 Å². The van der Waals surface area contributed by atoms with Crippen LogP contribution in [0, 0.1) is 5.41 Å². The van der Waals surface area contributed by atoms with Gasteiger partial charge in [-0.05, 0) is 18.3 Å². The Morgan fingerprint density at radius 2 is 1.94 bits per heavy atom. The van der Waals surface area contributed by atoms with Gasteiger partial charge in [0.05, 0.1) is 17.7 Å². The number of halogens is 1. The van der Waals surface area contributed by atoms with E-state index in [1.54, 1.807) is 7.11 Å². The van der Waals surface area contributed by atoms with Gasteiger partial charge in [-0.3, -0.25) is 0 Å². The number of hydrogen-bond donors (Lipinski definition) is 1. The van der Waals surface area contributed by atoms with Crippen LogP contribution in [0.15, 0.2) is 0 Å². The van der Waals surface area contributed by atoms with Crippen LogP contribution >= 0.6 is 11.6 Å². The second-order valence-corrected chi connectivity index (χ2v) is 7.91. The maximum atomic E-state index is 11.6. The number of methoxy groups -OCH3 is 1. The Morgan fingerprint density at radius 3 is 2.41 bits per heavy atom. The van der Waals surface area contributed by atoms with Gasteiger partial charge in [-0.1, -0.05) is 20.8 Å². The summed E-state index contributed by atoms with van der Waals surface area (Å²) < 4.78 is 30.7. The van der Waals surface area contributed by atoms with E-state index in [0.29, 0.717) is 26.0 Å². The number of hydrogen-bond acceptors (Lipinski definition) is 3. The maximum Gasteiger partial charge on any atom is 0.211 e. The molecule has 0 aromatic rings. The first-order valence-corrected chi connectivity index (χ1v) is 7.85. The van der Waals surface area contributed by atoms with Crippen molar-refractivity contribution in [3.63, 3.8) is 0 Å². The Hall–Kier alpha value is 0.160. The molecule has 0 saturated carbocycles. The van der Waals surface area contributed by atoms with Crippen molar-refractivity contribution >= 4 is 21.6 Å². The van der Waals surface area contributed by atoms with Gasteiger partial charge in [-0.15, -0.1) is 11.6 Å². The topological polar surface area (TPSA) is 55.4 Å². The van der Waals surface area contributed by atoms with Crippen LogP contribution in [0.3, 0.4) is 0 Å². The number of sulfonamides is 1. The summed E-state index contributed by atoms with van der Waals surface area (Å²) in [6.07, 6.45) is 1.22. The molecular formula is C11H24ClNO3S. The minimum Gasteiger partial charge on any atom is -0.383 e. The van der Waals surface area contributed by atoms with Gasteiger partial charge in [0.25, 0.3) is 0 Å². The molecule has 104 valence electrons. The van der Waals surface area contributed by atoms with Gasteiger partial charge >= 0.3 is 0 Å². The number of rotatable bonds is 8. The van der Waals surface area contributed by atoms with Gasteiger partial charge in [0, 0.05) is 13.7 Å². The fourth-order valence-corrected chi connectivity index (χ4v) is 2.84. The van der Waals surface area contributed by atoms with Crippen molar-refractivity contribution in [2.24, 2.45) is 5.41 Å². The molecular weight excluding hydrogens is 262 g/mol. The highest BCUT2D eigenvalue weighted by Gasteiger charge is 2.17. The molecule has 0 heterocycles. The Labute approximate surface area is 110 Å². The van der Waals surface area contributed by atoms with Crippen molar-refractivity contribution in [2.45, 2.75) is 39.0 Å². The van der Waals surface area contributed by atoms with E-state index in [2.05, 4.69) is 4.72 Å². The molecule has 0 amide bonds. The molecule has 0 aromatic heterocycles. The van der Waals surface area contributed by atoms with E-state index in [4.69, 9.17) is 16.3 Å². The summed E-state index contributed by atoms with van der Waals surface area (Å²) in [6.45, 7) is 6.87. The van der Waals surface area contributed by atoms with Crippen LogP contribution in [0.4, 0.5) is 0 Å². The predicted molar refractivity (Wildman–Crippen MR) is 72.0 cm³/mol. The fraction of sp³-hybridized carbons (Fsp3) is 1.00. The maximum absolute atomic E-state index is 11.6. The Bertz CT molecular complexity index is 298. The third-order valence-electron chi connectivity index (χ3n) is 2.25. The first kappa shape index (κ1) is 17.2. The van der Waals surface area contributed by atoms with Gasteiger partial charge in [-0.25, -0.2) is 13.1 Å². The average Bonchev–Trinajstić information content (AvgIpc) is 2.14. The Kier molecular flexibility index (Phi) is 7.63. The molecule has 6 heteroatoms. The summed E-state index contributed by atoms with van der Waals surface area (Å²) in [4.78, 5) is 0. The monoisotopic (exact) mass is 285 g/mol. The van der Waals surface area contributed by atoms with Crippen molar-refractivity contribution in [1.29, 1.82) is 0 Å². The molecule has 0 spiro atoms.